The molecule has 0 aliphatic heterocycles. The highest BCUT2D eigenvalue weighted by Gasteiger charge is 2.28. The molecular formula is C20H23N3O4. The largest absolute Gasteiger partial charge is 0.449 e. The van der Waals surface area contributed by atoms with Gasteiger partial charge in [0.15, 0.2) is 0 Å². The molecule has 0 fully saturated rings. The van der Waals surface area contributed by atoms with Gasteiger partial charge >= 0.3 is 6.09 Å². The van der Waals surface area contributed by atoms with Gasteiger partial charge in [-0.05, 0) is 28.7 Å². The molecule has 0 saturated heterocycles. The lowest BCUT2D eigenvalue weighted by atomic mass is 9.98. The van der Waals surface area contributed by atoms with Crippen LogP contribution in [-0.2, 0) is 14.4 Å². The van der Waals surface area contributed by atoms with Gasteiger partial charge in [0.2, 0.25) is 5.91 Å². The van der Waals surface area contributed by atoms with Gasteiger partial charge in [-0.25, -0.2) is 10.7 Å². The van der Waals surface area contributed by atoms with Gasteiger partial charge in [0.25, 0.3) is 0 Å². The van der Waals surface area contributed by atoms with Gasteiger partial charge in [0, 0.05) is 12.5 Å². The maximum absolute atomic E-state index is 12.0. The van der Waals surface area contributed by atoms with E-state index in [1.807, 2.05) is 24.3 Å². The van der Waals surface area contributed by atoms with Crippen LogP contribution >= 0.6 is 0 Å². The van der Waals surface area contributed by atoms with E-state index in [2.05, 4.69) is 39.7 Å². The van der Waals surface area contributed by atoms with Crippen molar-refractivity contribution in [3.05, 3.63) is 59.7 Å². The minimum absolute atomic E-state index is 0.00626. The Kier molecular flexibility index (Phi) is 6.40. The zero-order valence-corrected chi connectivity index (χ0v) is 14.9. The average molecular weight is 369 g/mol. The number of amides is 2. The Hall–Kier alpha value is -2.90. The number of carbonyl (C=O) groups is 2. The van der Waals surface area contributed by atoms with Crippen molar-refractivity contribution in [1.29, 1.82) is 0 Å². The molecule has 27 heavy (non-hydrogen) atoms. The van der Waals surface area contributed by atoms with E-state index in [1.54, 1.807) is 0 Å². The van der Waals surface area contributed by atoms with Crippen LogP contribution in [0.4, 0.5) is 4.79 Å². The standard InChI is InChI=1S/C20H23N3O4/c21-27-11-5-10-22-19(24)12-23-20(25)26-13-18-16-8-3-1-6-14(16)15-7-2-4-9-17(15)18/h1-4,6-9,18H,5,10-13,21H2,(H,22,24)(H,23,25). The quantitative estimate of drug-likeness (QED) is 0.487. The molecule has 1 aliphatic carbocycles. The number of benzene rings is 2. The highest BCUT2D eigenvalue weighted by molar-refractivity contribution is 5.82. The van der Waals surface area contributed by atoms with Gasteiger partial charge in [0.05, 0.1) is 13.2 Å². The Bertz CT molecular complexity index is 764. The SMILES string of the molecule is NOCCCNC(=O)CNC(=O)OCC1c2ccccc2-c2ccccc21. The summed E-state index contributed by atoms with van der Waals surface area (Å²) in [6, 6.07) is 16.2. The Balaban J connectivity index is 1.50. The second-order valence-corrected chi connectivity index (χ2v) is 6.25. The Morgan fingerprint density at radius 3 is 2.22 bits per heavy atom. The number of hydrogen-bond acceptors (Lipinski definition) is 5. The molecule has 0 heterocycles. The predicted molar refractivity (Wildman–Crippen MR) is 101 cm³/mol. The van der Waals surface area contributed by atoms with Crippen molar-refractivity contribution in [2.75, 3.05) is 26.3 Å². The van der Waals surface area contributed by atoms with Crippen LogP contribution in [-0.4, -0.2) is 38.3 Å². The fraction of sp³-hybridized carbons (Fsp3) is 0.300. The highest BCUT2D eigenvalue weighted by Crippen LogP contribution is 2.44. The predicted octanol–water partition coefficient (Wildman–Crippen LogP) is 1.92. The number of rotatable bonds is 8. The van der Waals surface area contributed by atoms with E-state index in [0.29, 0.717) is 19.6 Å². The molecule has 2 aromatic carbocycles. The van der Waals surface area contributed by atoms with Crippen LogP contribution in [0.3, 0.4) is 0 Å². The van der Waals surface area contributed by atoms with E-state index < -0.39 is 6.09 Å². The minimum atomic E-state index is -0.614. The zero-order valence-electron chi connectivity index (χ0n) is 14.9. The molecule has 4 N–H and O–H groups in total. The first-order chi connectivity index (χ1) is 13.2. The summed E-state index contributed by atoms with van der Waals surface area (Å²) in [5, 5.41) is 5.12. The van der Waals surface area contributed by atoms with Crippen molar-refractivity contribution >= 4 is 12.0 Å². The summed E-state index contributed by atoms with van der Waals surface area (Å²) in [6.07, 6.45) is -0.00926. The molecule has 142 valence electrons. The minimum Gasteiger partial charge on any atom is -0.449 e. The van der Waals surface area contributed by atoms with Crippen LogP contribution in [0.2, 0.25) is 0 Å². The van der Waals surface area contributed by atoms with E-state index in [1.165, 1.54) is 11.1 Å². The van der Waals surface area contributed by atoms with Crippen molar-refractivity contribution in [3.63, 3.8) is 0 Å². The number of ether oxygens (including phenoxy) is 1. The van der Waals surface area contributed by atoms with Gasteiger partial charge in [-0.1, -0.05) is 48.5 Å². The lowest BCUT2D eigenvalue weighted by Crippen LogP contribution is -2.38. The van der Waals surface area contributed by atoms with Gasteiger partial charge in [-0.3, -0.25) is 4.79 Å². The smallest absolute Gasteiger partial charge is 0.407 e. The lowest BCUT2D eigenvalue weighted by Gasteiger charge is -2.14. The van der Waals surface area contributed by atoms with Crippen molar-refractivity contribution in [1.82, 2.24) is 10.6 Å². The molecule has 2 aromatic rings. The second kappa shape index (κ2) is 9.16. The first-order valence-electron chi connectivity index (χ1n) is 8.88. The number of carbonyl (C=O) groups excluding carboxylic acids is 2. The van der Waals surface area contributed by atoms with Crippen LogP contribution < -0.4 is 16.5 Å². The molecule has 1 aliphatic rings. The van der Waals surface area contributed by atoms with Gasteiger partial charge in [-0.2, -0.15) is 0 Å². The van der Waals surface area contributed by atoms with Crippen LogP contribution in [0.1, 0.15) is 23.5 Å². The summed E-state index contributed by atoms with van der Waals surface area (Å²) in [4.78, 5) is 28.0. The fourth-order valence-corrected chi connectivity index (χ4v) is 3.25. The number of fused-ring (bicyclic) bond motifs is 3. The molecule has 0 aromatic heterocycles. The molecule has 0 unspecified atom stereocenters. The normalized spacial score (nSPS) is 12.2. The number of nitrogens with two attached hydrogens (primary N) is 1. The third-order valence-electron chi connectivity index (χ3n) is 4.50. The number of alkyl carbamates (subject to hydrolysis) is 1. The molecule has 0 atom stereocenters. The average Bonchev–Trinajstić information content (AvgIpc) is 3.02. The highest BCUT2D eigenvalue weighted by atomic mass is 16.6. The first kappa shape index (κ1) is 18.9. The summed E-state index contributed by atoms with van der Waals surface area (Å²) >= 11 is 0. The van der Waals surface area contributed by atoms with E-state index in [4.69, 9.17) is 10.6 Å². The van der Waals surface area contributed by atoms with Crippen molar-refractivity contribution in [2.45, 2.75) is 12.3 Å². The molecule has 7 heteroatoms. The van der Waals surface area contributed by atoms with Crippen LogP contribution in [0.25, 0.3) is 11.1 Å². The molecule has 7 nitrogen and oxygen atoms in total. The summed E-state index contributed by atoms with van der Waals surface area (Å²) < 4.78 is 5.37. The summed E-state index contributed by atoms with van der Waals surface area (Å²) in [5.41, 5.74) is 4.63. The zero-order chi connectivity index (χ0) is 19.1. The van der Waals surface area contributed by atoms with Crippen molar-refractivity contribution < 1.29 is 19.2 Å². The maximum Gasteiger partial charge on any atom is 0.407 e. The second-order valence-electron chi connectivity index (χ2n) is 6.25. The monoisotopic (exact) mass is 369 g/mol. The third kappa shape index (κ3) is 4.64. The van der Waals surface area contributed by atoms with E-state index in [-0.39, 0.29) is 25.0 Å². The summed E-state index contributed by atoms with van der Waals surface area (Å²) in [5.74, 6) is 4.60. The first-order valence-corrected chi connectivity index (χ1v) is 8.88. The van der Waals surface area contributed by atoms with Crippen molar-refractivity contribution in [3.8, 4) is 11.1 Å². The maximum atomic E-state index is 12.0. The van der Waals surface area contributed by atoms with Gasteiger partial charge in [-0.15, -0.1) is 0 Å². The van der Waals surface area contributed by atoms with E-state index >= 15 is 0 Å². The third-order valence-corrected chi connectivity index (χ3v) is 4.50. The topological polar surface area (TPSA) is 103 Å². The number of hydrogen-bond donors (Lipinski definition) is 3. The van der Waals surface area contributed by atoms with E-state index in [0.717, 1.165) is 11.1 Å². The molecule has 0 spiro atoms. The molecule has 0 radical (unpaired) electrons. The Labute approximate surface area is 157 Å². The molecule has 0 bridgehead atoms. The Morgan fingerprint density at radius 2 is 1.59 bits per heavy atom. The number of nitrogens with one attached hydrogen (secondary N) is 2. The molecule has 3 rings (SSSR count). The summed E-state index contributed by atoms with van der Waals surface area (Å²) in [7, 11) is 0. The Morgan fingerprint density at radius 1 is 0.963 bits per heavy atom. The van der Waals surface area contributed by atoms with E-state index in [9.17, 15) is 9.59 Å². The molecule has 0 saturated carbocycles. The summed E-state index contributed by atoms with van der Waals surface area (Å²) in [6.45, 7) is 0.873. The molecular weight excluding hydrogens is 346 g/mol. The van der Waals surface area contributed by atoms with Gasteiger partial charge in [0.1, 0.15) is 6.61 Å². The fourth-order valence-electron chi connectivity index (χ4n) is 3.25. The van der Waals surface area contributed by atoms with Gasteiger partial charge < -0.3 is 20.2 Å². The van der Waals surface area contributed by atoms with Crippen LogP contribution in [0.5, 0.6) is 0 Å². The lowest BCUT2D eigenvalue weighted by molar-refractivity contribution is -0.120. The van der Waals surface area contributed by atoms with Crippen LogP contribution in [0, 0.1) is 0 Å². The van der Waals surface area contributed by atoms with Crippen LogP contribution in [0.15, 0.2) is 48.5 Å². The van der Waals surface area contributed by atoms with Crippen molar-refractivity contribution in [2.24, 2.45) is 5.90 Å². The molecule has 2 amide bonds.